The summed E-state index contributed by atoms with van der Waals surface area (Å²) in [6.07, 6.45) is 1.37. The van der Waals surface area contributed by atoms with E-state index < -0.39 is 5.56 Å². The van der Waals surface area contributed by atoms with Crippen molar-refractivity contribution in [2.75, 3.05) is 6.54 Å². The molecule has 0 spiro atoms. The van der Waals surface area contributed by atoms with Crippen LogP contribution in [0.2, 0.25) is 5.02 Å². The Morgan fingerprint density at radius 2 is 2.00 bits per heavy atom. The monoisotopic (exact) mass is 290 g/mol. The molecule has 1 N–H and O–H groups in total. The molecule has 1 aromatic carbocycles. The zero-order chi connectivity index (χ0) is 14.5. The van der Waals surface area contributed by atoms with Crippen LogP contribution < -0.4 is 5.56 Å². The van der Waals surface area contributed by atoms with Crippen molar-refractivity contribution in [3.05, 3.63) is 69.1 Å². The van der Waals surface area contributed by atoms with E-state index in [2.05, 4.69) is 4.98 Å². The first-order valence-corrected chi connectivity index (χ1v) is 6.71. The van der Waals surface area contributed by atoms with Crippen molar-refractivity contribution in [3.63, 3.8) is 0 Å². The number of hydrogen-bond acceptors (Lipinski definition) is 2. The van der Waals surface area contributed by atoms with E-state index >= 15 is 0 Å². The molecule has 0 unspecified atom stereocenters. The van der Waals surface area contributed by atoms with E-state index in [9.17, 15) is 9.59 Å². The molecule has 0 radical (unpaired) electrons. The number of rotatable bonds is 4. The minimum absolute atomic E-state index is 0.0651. The van der Waals surface area contributed by atoms with Gasteiger partial charge >= 0.3 is 0 Å². The Hall–Kier alpha value is -2.07. The fraction of sp³-hybridized carbons (Fsp3) is 0.200. The van der Waals surface area contributed by atoms with Crippen LogP contribution in [0.25, 0.3) is 0 Å². The summed E-state index contributed by atoms with van der Waals surface area (Å²) < 4.78 is 0. The number of halogens is 1. The molecule has 0 saturated heterocycles. The number of benzene rings is 1. The summed E-state index contributed by atoms with van der Waals surface area (Å²) in [5.74, 6) is -0.319. The zero-order valence-corrected chi connectivity index (χ0v) is 11.9. The smallest absolute Gasteiger partial charge is 0.260 e. The normalized spacial score (nSPS) is 10.3. The SMILES string of the molecule is CCN(Cc1ccccc1)C(=O)c1cc(Cl)c[nH]c1=O. The van der Waals surface area contributed by atoms with E-state index in [1.165, 1.54) is 12.3 Å². The summed E-state index contributed by atoms with van der Waals surface area (Å²) in [6.45, 7) is 2.85. The maximum Gasteiger partial charge on any atom is 0.260 e. The molecule has 1 amide bonds. The molecule has 0 fully saturated rings. The highest BCUT2D eigenvalue weighted by Gasteiger charge is 2.18. The molecule has 0 bridgehead atoms. The van der Waals surface area contributed by atoms with Crippen LogP contribution in [0.3, 0.4) is 0 Å². The van der Waals surface area contributed by atoms with E-state index in [0.717, 1.165) is 5.56 Å². The lowest BCUT2D eigenvalue weighted by atomic mass is 10.2. The minimum atomic E-state index is -0.425. The molecule has 0 saturated carbocycles. The highest BCUT2D eigenvalue weighted by atomic mass is 35.5. The number of aromatic nitrogens is 1. The van der Waals surface area contributed by atoms with Crippen LogP contribution in [-0.4, -0.2) is 22.3 Å². The van der Waals surface area contributed by atoms with E-state index in [1.54, 1.807) is 4.90 Å². The second kappa shape index (κ2) is 6.39. The Morgan fingerprint density at radius 3 is 2.65 bits per heavy atom. The van der Waals surface area contributed by atoms with Crippen LogP contribution in [0, 0.1) is 0 Å². The molecule has 2 rings (SSSR count). The number of nitrogens with one attached hydrogen (secondary N) is 1. The van der Waals surface area contributed by atoms with Gasteiger partial charge in [-0.1, -0.05) is 41.9 Å². The molecule has 104 valence electrons. The molecule has 0 atom stereocenters. The van der Waals surface area contributed by atoms with Crippen molar-refractivity contribution < 1.29 is 4.79 Å². The number of carbonyl (C=O) groups is 1. The molecule has 5 heteroatoms. The van der Waals surface area contributed by atoms with Gasteiger partial charge in [0.25, 0.3) is 11.5 Å². The first-order chi connectivity index (χ1) is 9.61. The average Bonchev–Trinajstić information content (AvgIpc) is 2.47. The highest BCUT2D eigenvalue weighted by molar-refractivity contribution is 6.30. The third-order valence-corrected chi connectivity index (χ3v) is 3.20. The number of hydrogen-bond donors (Lipinski definition) is 1. The highest BCUT2D eigenvalue weighted by Crippen LogP contribution is 2.10. The molecular formula is C15H15ClN2O2. The van der Waals surface area contributed by atoms with Gasteiger partial charge in [-0.25, -0.2) is 0 Å². The van der Waals surface area contributed by atoms with Crippen molar-refractivity contribution >= 4 is 17.5 Å². The van der Waals surface area contributed by atoms with Gasteiger partial charge in [-0.2, -0.15) is 0 Å². The van der Waals surface area contributed by atoms with Gasteiger partial charge < -0.3 is 9.88 Å². The van der Waals surface area contributed by atoms with Crippen LogP contribution in [-0.2, 0) is 6.54 Å². The lowest BCUT2D eigenvalue weighted by Gasteiger charge is -2.20. The summed E-state index contributed by atoms with van der Waals surface area (Å²) in [6, 6.07) is 11.0. The molecule has 1 heterocycles. The molecule has 0 aliphatic carbocycles. The van der Waals surface area contributed by atoms with Crippen molar-refractivity contribution in [3.8, 4) is 0 Å². The standard InChI is InChI=1S/C15H15ClN2O2/c1-2-18(10-11-6-4-3-5-7-11)15(20)13-8-12(16)9-17-14(13)19/h3-9H,2,10H2,1H3,(H,17,19). The number of H-pyrrole nitrogens is 1. The Morgan fingerprint density at radius 1 is 1.30 bits per heavy atom. The predicted molar refractivity (Wildman–Crippen MR) is 78.9 cm³/mol. The van der Waals surface area contributed by atoms with Crippen LogP contribution in [0.15, 0.2) is 47.4 Å². The third kappa shape index (κ3) is 3.27. The number of amides is 1. The number of carbonyl (C=O) groups excluding carboxylic acids is 1. The van der Waals surface area contributed by atoms with Gasteiger partial charge in [0.15, 0.2) is 0 Å². The van der Waals surface area contributed by atoms with E-state index in [1.807, 2.05) is 37.3 Å². The summed E-state index contributed by atoms with van der Waals surface area (Å²) >= 11 is 5.83. The fourth-order valence-electron chi connectivity index (χ4n) is 1.92. The first kappa shape index (κ1) is 14.3. The van der Waals surface area contributed by atoms with Gasteiger partial charge in [-0.3, -0.25) is 9.59 Å². The van der Waals surface area contributed by atoms with Crippen molar-refractivity contribution in [1.82, 2.24) is 9.88 Å². The Bertz CT molecular complexity index is 652. The van der Waals surface area contributed by atoms with Crippen LogP contribution >= 0.6 is 11.6 Å². The van der Waals surface area contributed by atoms with Gasteiger partial charge in [0.2, 0.25) is 0 Å². The van der Waals surface area contributed by atoms with Gasteiger partial charge in [0.05, 0.1) is 5.02 Å². The molecular weight excluding hydrogens is 276 g/mol. The average molecular weight is 291 g/mol. The molecule has 0 aliphatic rings. The van der Waals surface area contributed by atoms with Crippen molar-refractivity contribution in [2.24, 2.45) is 0 Å². The van der Waals surface area contributed by atoms with E-state index in [0.29, 0.717) is 18.1 Å². The van der Waals surface area contributed by atoms with Gasteiger partial charge in [-0.05, 0) is 18.6 Å². The van der Waals surface area contributed by atoms with Crippen molar-refractivity contribution in [1.29, 1.82) is 0 Å². The van der Waals surface area contributed by atoms with Gasteiger partial charge in [0.1, 0.15) is 5.56 Å². The third-order valence-electron chi connectivity index (χ3n) is 2.98. The number of pyridine rings is 1. The first-order valence-electron chi connectivity index (χ1n) is 6.33. The minimum Gasteiger partial charge on any atom is -0.334 e. The topological polar surface area (TPSA) is 53.2 Å². The summed E-state index contributed by atoms with van der Waals surface area (Å²) in [7, 11) is 0. The zero-order valence-electron chi connectivity index (χ0n) is 11.1. The number of nitrogens with zero attached hydrogens (tertiary/aromatic N) is 1. The molecule has 0 aliphatic heterocycles. The van der Waals surface area contributed by atoms with E-state index in [4.69, 9.17) is 11.6 Å². The van der Waals surface area contributed by atoms with Crippen LogP contribution in [0.4, 0.5) is 0 Å². The second-order valence-corrected chi connectivity index (χ2v) is 4.80. The Labute approximate surface area is 122 Å². The molecule has 1 aromatic heterocycles. The maximum absolute atomic E-state index is 12.4. The Kier molecular flexibility index (Phi) is 4.58. The quantitative estimate of drug-likeness (QED) is 0.941. The summed E-state index contributed by atoms with van der Waals surface area (Å²) in [5, 5.41) is 0.337. The lowest BCUT2D eigenvalue weighted by molar-refractivity contribution is 0.0751. The van der Waals surface area contributed by atoms with Crippen LogP contribution in [0.1, 0.15) is 22.8 Å². The summed E-state index contributed by atoms with van der Waals surface area (Å²) in [5.41, 5.74) is 0.655. The second-order valence-electron chi connectivity index (χ2n) is 4.37. The molecule has 2 aromatic rings. The van der Waals surface area contributed by atoms with Gasteiger partial charge in [0, 0.05) is 19.3 Å². The van der Waals surface area contributed by atoms with Crippen molar-refractivity contribution in [2.45, 2.75) is 13.5 Å². The predicted octanol–water partition coefficient (Wildman–Crippen LogP) is 2.69. The molecule has 20 heavy (non-hydrogen) atoms. The maximum atomic E-state index is 12.4. The largest absolute Gasteiger partial charge is 0.334 e. The fourth-order valence-corrected chi connectivity index (χ4v) is 2.08. The lowest BCUT2D eigenvalue weighted by Crippen LogP contribution is -2.34. The van der Waals surface area contributed by atoms with Crippen LogP contribution in [0.5, 0.6) is 0 Å². The molecule has 4 nitrogen and oxygen atoms in total. The van der Waals surface area contributed by atoms with Gasteiger partial charge in [-0.15, -0.1) is 0 Å². The summed E-state index contributed by atoms with van der Waals surface area (Å²) in [4.78, 5) is 28.2. The number of aromatic amines is 1. The van der Waals surface area contributed by atoms with E-state index in [-0.39, 0.29) is 11.5 Å². The Balaban J connectivity index is 2.25.